The SMILES string of the molecule is COc1ccc(-c2nnc(SCc3cc(Cl)c4c(c3)OCCO4)n2N)cc1. The number of thioether (sulfide) groups is 1. The number of halogens is 1. The lowest BCUT2D eigenvalue weighted by Gasteiger charge is -2.20. The van der Waals surface area contributed by atoms with Crippen LogP contribution in [0, 0.1) is 0 Å². The molecule has 0 saturated heterocycles. The second-order valence-corrected chi connectivity index (χ2v) is 7.14. The Morgan fingerprint density at radius 3 is 2.74 bits per heavy atom. The van der Waals surface area contributed by atoms with Crippen LogP contribution in [0.5, 0.6) is 17.2 Å². The largest absolute Gasteiger partial charge is 0.497 e. The molecule has 0 bridgehead atoms. The smallest absolute Gasteiger partial charge is 0.210 e. The highest BCUT2D eigenvalue weighted by Gasteiger charge is 2.18. The number of aromatic nitrogens is 3. The Kier molecular flexibility index (Phi) is 5.00. The third-order valence-electron chi connectivity index (χ3n) is 4.04. The van der Waals surface area contributed by atoms with Gasteiger partial charge in [-0.25, -0.2) is 4.68 Å². The Morgan fingerprint density at radius 1 is 1.19 bits per heavy atom. The summed E-state index contributed by atoms with van der Waals surface area (Å²) < 4.78 is 17.8. The number of benzene rings is 2. The maximum atomic E-state index is 6.29. The van der Waals surface area contributed by atoms with Crippen molar-refractivity contribution in [3.8, 4) is 28.6 Å². The van der Waals surface area contributed by atoms with Crippen molar-refractivity contribution in [2.45, 2.75) is 10.9 Å². The van der Waals surface area contributed by atoms with Crippen molar-refractivity contribution in [1.29, 1.82) is 0 Å². The lowest BCUT2D eigenvalue weighted by molar-refractivity contribution is 0.171. The molecule has 0 atom stereocenters. The zero-order valence-corrected chi connectivity index (χ0v) is 16.1. The highest BCUT2D eigenvalue weighted by Crippen LogP contribution is 2.39. The quantitative estimate of drug-likeness (QED) is 0.515. The summed E-state index contributed by atoms with van der Waals surface area (Å²) in [5, 5.41) is 9.53. The first-order valence-corrected chi connectivity index (χ1v) is 9.58. The molecule has 27 heavy (non-hydrogen) atoms. The van der Waals surface area contributed by atoms with Gasteiger partial charge in [0.15, 0.2) is 17.3 Å². The average Bonchev–Trinajstić information content (AvgIpc) is 3.07. The molecule has 2 aromatic carbocycles. The van der Waals surface area contributed by atoms with E-state index in [0.717, 1.165) is 16.9 Å². The third kappa shape index (κ3) is 3.63. The van der Waals surface area contributed by atoms with Crippen LogP contribution in [0.4, 0.5) is 0 Å². The molecule has 9 heteroatoms. The van der Waals surface area contributed by atoms with E-state index >= 15 is 0 Å². The number of nitrogens with two attached hydrogens (primary N) is 1. The summed E-state index contributed by atoms with van der Waals surface area (Å²) >= 11 is 7.75. The summed E-state index contributed by atoms with van der Waals surface area (Å²) in [5.41, 5.74) is 1.85. The van der Waals surface area contributed by atoms with E-state index in [2.05, 4.69) is 10.2 Å². The van der Waals surface area contributed by atoms with E-state index in [1.165, 1.54) is 16.4 Å². The predicted octanol–water partition coefficient (Wildman–Crippen LogP) is 3.38. The van der Waals surface area contributed by atoms with E-state index in [1.807, 2.05) is 36.4 Å². The fourth-order valence-corrected chi connectivity index (χ4v) is 3.78. The van der Waals surface area contributed by atoms with Crippen LogP contribution < -0.4 is 20.1 Å². The van der Waals surface area contributed by atoms with Crippen molar-refractivity contribution < 1.29 is 14.2 Å². The fourth-order valence-electron chi connectivity index (χ4n) is 2.71. The van der Waals surface area contributed by atoms with E-state index in [4.69, 9.17) is 31.7 Å². The van der Waals surface area contributed by atoms with Crippen molar-refractivity contribution >= 4 is 23.4 Å². The molecule has 1 aromatic heterocycles. The Bertz CT molecular complexity index is 962. The molecule has 0 aliphatic carbocycles. The molecule has 1 aliphatic heterocycles. The van der Waals surface area contributed by atoms with Gasteiger partial charge in [0.05, 0.1) is 12.1 Å². The number of rotatable bonds is 5. The Labute approximate surface area is 165 Å². The van der Waals surface area contributed by atoms with Gasteiger partial charge in [-0.15, -0.1) is 10.2 Å². The highest BCUT2D eigenvalue weighted by molar-refractivity contribution is 7.98. The molecule has 7 nitrogen and oxygen atoms in total. The van der Waals surface area contributed by atoms with Gasteiger partial charge in [-0.1, -0.05) is 23.4 Å². The van der Waals surface area contributed by atoms with Gasteiger partial charge in [0.25, 0.3) is 0 Å². The summed E-state index contributed by atoms with van der Waals surface area (Å²) in [4.78, 5) is 0. The maximum Gasteiger partial charge on any atom is 0.210 e. The van der Waals surface area contributed by atoms with Crippen LogP contribution in [0.3, 0.4) is 0 Å². The lowest BCUT2D eigenvalue weighted by atomic mass is 10.2. The van der Waals surface area contributed by atoms with E-state index in [0.29, 0.717) is 46.5 Å². The molecule has 140 valence electrons. The van der Waals surface area contributed by atoms with Crippen molar-refractivity contribution in [3.05, 3.63) is 47.0 Å². The second-order valence-electron chi connectivity index (χ2n) is 5.80. The molecule has 2 N–H and O–H groups in total. The molecular weight excluding hydrogens is 388 g/mol. The molecule has 4 rings (SSSR count). The zero-order valence-electron chi connectivity index (χ0n) is 14.5. The first-order chi connectivity index (χ1) is 13.2. The summed E-state index contributed by atoms with van der Waals surface area (Å²) in [7, 11) is 1.62. The minimum Gasteiger partial charge on any atom is -0.497 e. The standard InChI is InChI=1S/C18H17ClN4O3S/c1-24-13-4-2-12(3-5-13)17-21-22-18(23(17)20)27-10-11-8-14(19)16-15(9-11)25-6-7-26-16/h2-5,8-9H,6-7,10,20H2,1H3. The van der Waals surface area contributed by atoms with Crippen molar-refractivity contribution in [1.82, 2.24) is 14.9 Å². The van der Waals surface area contributed by atoms with Gasteiger partial charge in [-0.3, -0.25) is 0 Å². The summed E-state index contributed by atoms with van der Waals surface area (Å²) in [5.74, 6) is 9.41. The number of hydrogen-bond acceptors (Lipinski definition) is 7. The Hall–Kier alpha value is -2.58. The molecule has 0 unspecified atom stereocenters. The molecule has 2 heterocycles. The van der Waals surface area contributed by atoms with E-state index in [-0.39, 0.29) is 0 Å². The normalized spacial score (nSPS) is 12.8. The van der Waals surface area contributed by atoms with Gasteiger partial charge in [-0.05, 0) is 42.0 Å². The van der Waals surface area contributed by atoms with Crippen LogP contribution in [0.1, 0.15) is 5.56 Å². The number of ether oxygens (including phenoxy) is 3. The number of nitrogens with zero attached hydrogens (tertiary/aromatic N) is 3. The topological polar surface area (TPSA) is 84.4 Å². The predicted molar refractivity (Wildman–Crippen MR) is 104 cm³/mol. The number of fused-ring (bicyclic) bond motifs is 1. The molecular formula is C18H17ClN4O3S. The Morgan fingerprint density at radius 2 is 1.96 bits per heavy atom. The van der Waals surface area contributed by atoms with Gasteiger partial charge >= 0.3 is 0 Å². The van der Waals surface area contributed by atoms with Gasteiger partial charge < -0.3 is 20.1 Å². The van der Waals surface area contributed by atoms with E-state index in [1.54, 1.807) is 7.11 Å². The van der Waals surface area contributed by atoms with Gasteiger partial charge in [0, 0.05) is 11.3 Å². The number of hydrogen-bond donors (Lipinski definition) is 1. The van der Waals surface area contributed by atoms with Crippen LogP contribution in [0.25, 0.3) is 11.4 Å². The average molecular weight is 405 g/mol. The van der Waals surface area contributed by atoms with Crippen molar-refractivity contribution in [2.24, 2.45) is 0 Å². The summed E-state index contributed by atoms with van der Waals surface area (Å²) in [6.45, 7) is 1.02. The fraction of sp³-hybridized carbons (Fsp3) is 0.222. The highest BCUT2D eigenvalue weighted by atomic mass is 35.5. The zero-order chi connectivity index (χ0) is 18.8. The molecule has 0 amide bonds. The lowest BCUT2D eigenvalue weighted by Crippen LogP contribution is -2.15. The van der Waals surface area contributed by atoms with Crippen LogP contribution in [0.2, 0.25) is 5.02 Å². The van der Waals surface area contributed by atoms with Crippen LogP contribution >= 0.6 is 23.4 Å². The summed E-state index contributed by atoms with van der Waals surface area (Å²) in [6.07, 6.45) is 0. The van der Waals surface area contributed by atoms with Crippen molar-refractivity contribution in [2.75, 3.05) is 26.2 Å². The third-order valence-corrected chi connectivity index (χ3v) is 5.33. The van der Waals surface area contributed by atoms with Gasteiger partial charge in [0.1, 0.15) is 19.0 Å². The molecule has 0 fully saturated rings. The molecule has 0 spiro atoms. The summed E-state index contributed by atoms with van der Waals surface area (Å²) in [6, 6.07) is 11.3. The van der Waals surface area contributed by atoms with Gasteiger partial charge in [0.2, 0.25) is 5.16 Å². The van der Waals surface area contributed by atoms with Crippen molar-refractivity contribution in [3.63, 3.8) is 0 Å². The van der Waals surface area contributed by atoms with Crippen LogP contribution in [0.15, 0.2) is 41.6 Å². The second kappa shape index (κ2) is 7.58. The Balaban J connectivity index is 1.51. The minimum absolute atomic E-state index is 0.505. The molecule has 0 saturated carbocycles. The van der Waals surface area contributed by atoms with Gasteiger partial charge in [-0.2, -0.15) is 0 Å². The first-order valence-electron chi connectivity index (χ1n) is 8.21. The van der Waals surface area contributed by atoms with E-state index in [9.17, 15) is 0 Å². The first kappa shape index (κ1) is 17.8. The molecule has 0 radical (unpaired) electrons. The number of nitrogen functional groups attached to an aromatic ring is 1. The van der Waals surface area contributed by atoms with Crippen LogP contribution in [-0.2, 0) is 5.75 Å². The molecule has 3 aromatic rings. The van der Waals surface area contributed by atoms with Crippen LogP contribution in [-0.4, -0.2) is 35.2 Å². The molecule has 1 aliphatic rings. The minimum atomic E-state index is 0.505. The maximum absolute atomic E-state index is 6.29. The number of methoxy groups -OCH3 is 1. The monoisotopic (exact) mass is 404 g/mol. The van der Waals surface area contributed by atoms with E-state index < -0.39 is 0 Å².